The molecule has 1 heterocycles. The Bertz CT molecular complexity index is 1470. The van der Waals surface area contributed by atoms with Gasteiger partial charge in [0.25, 0.3) is 0 Å². The lowest BCUT2D eigenvalue weighted by atomic mass is 10.0. The number of amides is 8. The number of carbonyl (C=O) groups excluding carboxylic acids is 8. The standard InChI is InChI=1S/C52H96N8O15/c1-42-37-43(64)38-60(42)51(72)21-7-5-3-2-4-6-20-50(71)59-52(39-73-34-22-47(68)56-28-14-25-53-44(65)17-8-11-31-61,40-74-35-23-48(69)57-29-15-26-54-45(66)18-9-12-32-62)41-75-36-24-49(70)58-30-16-27-55-46(67)19-10-13-33-63/h42-43,61-64H,2-41H2,1H3,(H,53,65)(H,54,66)(H,55,67)(H,56,68)(H,57,69)(H,58,70)(H,59,71)/t42-,43-/m1/s1. The Morgan fingerprint density at radius 2 is 0.733 bits per heavy atom. The molecule has 1 fully saturated rings. The maximum atomic E-state index is 13.7. The van der Waals surface area contributed by atoms with Crippen LogP contribution in [-0.2, 0) is 52.6 Å². The fourth-order valence-electron chi connectivity index (χ4n) is 8.01. The highest BCUT2D eigenvalue weighted by Crippen LogP contribution is 2.20. The van der Waals surface area contributed by atoms with E-state index in [1.807, 2.05) is 6.92 Å². The summed E-state index contributed by atoms with van der Waals surface area (Å²) in [4.78, 5) is 102. The minimum absolute atomic E-state index is 0.00491. The van der Waals surface area contributed by atoms with Gasteiger partial charge in [0.15, 0.2) is 0 Å². The Labute approximate surface area is 445 Å². The van der Waals surface area contributed by atoms with E-state index in [0.29, 0.717) is 142 Å². The quantitative estimate of drug-likeness (QED) is 0.0370. The molecule has 23 nitrogen and oxygen atoms in total. The zero-order chi connectivity index (χ0) is 55.2. The van der Waals surface area contributed by atoms with Crippen LogP contribution in [0, 0.1) is 0 Å². The van der Waals surface area contributed by atoms with Crippen LogP contribution in [0.5, 0.6) is 0 Å². The van der Waals surface area contributed by atoms with Crippen LogP contribution in [-0.4, -0.2) is 196 Å². The molecule has 1 saturated heterocycles. The Balaban J connectivity index is 2.89. The Hall–Kier alpha value is -4.52. The molecule has 0 unspecified atom stereocenters. The molecule has 0 bridgehead atoms. The molecule has 2 atom stereocenters. The van der Waals surface area contributed by atoms with Crippen LogP contribution >= 0.6 is 0 Å². The van der Waals surface area contributed by atoms with Crippen molar-refractivity contribution in [1.82, 2.24) is 42.1 Å². The number of hydrogen-bond acceptors (Lipinski definition) is 15. The molecule has 1 rings (SSSR count). The zero-order valence-corrected chi connectivity index (χ0v) is 45.2. The van der Waals surface area contributed by atoms with Gasteiger partial charge in [0.05, 0.1) is 45.7 Å². The van der Waals surface area contributed by atoms with E-state index in [9.17, 15) is 43.5 Å². The first-order chi connectivity index (χ1) is 36.2. The number of nitrogens with one attached hydrogen (secondary N) is 7. The van der Waals surface area contributed by atoms with Crippen molar-refractivity contribution in [3.05, 3.63) is 0 Å². The highest BCUT2D eigenvalue weighted by Gasteiger charge is 2.34. The minimum atomic E-state index is -1.30. The lowest BCUT2D eigenvalue weighted by molar-refractivity contribution is -0.132. The largest absolute Gasteiger partial charge is 0.396 e. The van der Waals surface area contributed by atoms with Gasteiger partial charge in [-0.05, 0) is 84.0 Å². The molecule has 0 saturated carbocycles. The molecule has 1 aliphatic heterocycles. The van der Waals surface area contributed by atoms with Gasteiger partial charge in [0, 0.05) is 123 Å². The smallest absolute Gasteiger partial charge is 0.222 e. The summed E-state index contributed by atoms with van der Waals surface area (Å²) in [7, 11) is 0. The van der Waals surface area contributed by atoms with E-state index in [2.05, 4.69) is 37.2 Å². The molecular formula is C52H96N8O15. The highest BCUT2D eigenvalue weighted by atomic mass is 16.5. The van der Waals surface area contributed by atoms with Gasteiger partial charge in [-0.25, -0.2) is 0 Å². The van der Waals surface area contributed by atoms with E-state index in [-0.39, 0.29) is 138 Å². The SMILES string of the molecule is C[C@@H]1C[C@@H](O)CN1C(=O)CCCCCCCCC(=O)NC(COCCC(=O)NCCCNC(=O)CCCCO)(COCCC(=O)NCCCNC(=O)CCCCO)COCCC(=O)NCCCNC(=O)CCCCO. The van der Waals surface area contributed by atoms with Crippen molar-refractivity contribution in [2.24, 2.45) is 0 Å². The third-order valence-electron chi connectivity index (χ3n) is 12.3. The molecule has 0 aromatic rings. The number of aliphatic hydroxyl groups excluding tert-OH is 4. The van der Waals surface area contributed by atoms with Gasteiger partial charge in [-0.1, -0.05) is 25.7 Å². The van der Waals surface area contributed by atoms with Gasteiger partial charge in [-0.3, -0.25) is 38.4 Å². The number of carbonyl (C=O) groups is 8. The fourth-order valence-corrected chi connectivity index (χ4v) is 8.01. The van der Waals surface area contributed by atoms with E-state index in [1.165, 1.54) is 0 Å². The second kappa shape index (κ2) is 45.7. The Morgan fingerprint density at radius 1 is 0.427 bits per heavy atom. The zero-order valence-electron chi connectivity index (χ0n) is 45.2. The summed E-state index contributed by atoms with van der Waals surface area (Å²) in [6.07, 6.45) is 11.4. The number of unbranched alkanes of at least 4 members (excludes halogenated alkanes) is 8. The monoisotopic (exact) mass is 1070 g/mol. The molecular weight excluding hydrogens is 977 g/mol. The molecule has 23 heteroatoms. The van der Waals surface area contributed by atoms with Crippen molar-refractivity contribution in [1.29, 1.82) is 0 Å². The first-order valence-electron chi connectivity index (χ1n) is 27.7. The molecule has 0 aromatic carbocycles. The molecule has 0 aliphatic carbocycles. The highest BCUT2D eigenvalue weighted by molar-refractivity contribution is 5.79. The summed E-state index contributed by atoms with van der Waals surface area (Å²) in [5, 5.41) is 56.5. The number of aliphatic hydroxyl groups is 4. The summed E-state index contributed by atoms with van der Waals surface area (Å²) < 4.78 is 18.1. The van der Waals surface area contributed by atoms with E-state index in [1.54, 1.807) is 4.90 Å². The van der Waals surface area contributed by atoms with Crippen molar-refractivity contribution in [2.75, 3.05) is 105 Å². The first-order valence-corrected chi connectivity index (χ1v) is 27.7. The van der Waals surface area contributed by atoms with Crippen molar-refractivity contribution in [3.8, 4) is 0 Å². The number of hydrogen-bond donors (Lipinski definition) is 11. The maximum Gasteiger partial charge on any atom is 0.222 e. The normalized spacial score (nSPS) is 14.3. The number of ether oxygens (including phenoxy) is 3. The third-order valence-corrected chi connectivity index (χ3v) is 12.3. The van der Waals surface area contributed by atoms with Crippen LogP contribution in [0.3, 0.4) is 0 Å². The molecule has 0 spiro atoms. The molecule has 11 N–H and O–H groups in total. The lowest BCUT2D eigenvalue weighted by Gasteiger charge is -2.34. The molecule has 8 amide bonds. The minimum Gasteiger partial charge on any atom is -0.396 e. The molecule has 75 heavy (non-hydrogen) atoms. The molecule has 0 radical (unpaired) electrons. The van der Waals surface area contributed by atoms with Crippen LogP contribution in [0.15, 0.2) is 0 Å². The predicted octanol–water partition coefficient (Wildman–Crippen LogP) is 0.519. The summed E-state index contributed by atoms with van der Waals surface area (Å²) in [6, 6.07) is 0.0427. The summed E-state index contributed by atoms with van der Waals surface area (Å²) >= 11 is 0. The van der Waals surface area contributed by atoms with E-state index in [4.69, 9.17) is 29.5 Å². The predicted molar refractivity (Wildman–Crippen MR) is 281 cm³/mol. The lowest BCUT2D eigenvalue weighted by Crippen LogP contribution is -2.58. The van der Waals surface area contributed by atoms with Crippen molar-refractivity contribution >= 4 is 47.3 Å². The van der Waals surface area contributed by atoms with Crippen LogP contribution in [0.4, 0.5) is 0 Å². The Morgan fingerprint density at radius 3 is 1.07 bits per heavy atom. The summed E-state index contributed by atoms with van der Waals surface area (Å²) in [5.74, 6) is -1.43. The fraction of sp³-hybridized carbons (Fsp3) is 0.846. The first kappa shape index (κ1) is 68.5. The molecule has 1 aliphatic rings. The van der Waals surface area contributed by atoms with Crippen molar-refractivity contribution in [3.63, 3.8) is 0 Å². The van der Waals surface area contributed by atoms with Gasteiger partial charge >= 0.3 is 0 Å². The summed E-state index contributed by atoms with van der Waals surface area (Å²) in [6.45, 7) is 4.07. The van der Waals surface area contributed by atoms with Crippen molar-refractivity contribution in [2.45, 2.75) is 179 Å². The second-order valence-corrected chi connectivity index (χ2v) is 19.3. The van der Waals surface area contributed by atoms with Crippen LogP contribution in [0.25, 0.3) is 0 Å². The van der Waals surface area contributed by atoms with Gasteiger partial charge in [-0.15, -0.1) is 0 Å². The Kier molecular flexibility index (Phi) is 41.7. The number of β-amino-alcohol motifs (C(OH)–C–C–N with tert-alkyl or cyclic N) is 1. The number of rotatable bonds is 49. The number of likely N-dealkylation sites (tertiary alicyclic amines) is 1. The average Bonchev–Trinajstić information content (AvgIpc) is 3.73. The summed E-state index contributed by atoms with van der Waals surface area (Å²) in [5.41, 5.74) is -1.30. The van der Waals surface area contributed by atoms with Crippen LogP contribution in [0.1, 0.15) is 161 Å². The van der Waals surface area contributed by atoms with Gasteiger partial charge in [0.1, 0.15) is 5.54 Å². The van der Waals surface area contributed by atoms with Crippen LogP contribution in [0.2, 0.25) is 0 Å². The van der Waals surface area contributed by atoms with E-state index >= 15 is 0 Å². The van der Waals surface area contributed by atoms with Crippen LogP contribution < -0.4 is 37.2 Å². The van der Waals surface area contributed by atoms with Gasteiger partial charge < -0.3 is 76.8 Å². The van der Waals surface area contributed by atoms with E-state index in [0.717, 1.165) is 32.1 Å². The molecule has 0 aromatic heterocycles. The van der Waals surface area contributed by atoms with Gasteiger partial charge in [0.2, 0.25) is 47.3 Å². The van der Waals surface area contributed by atoms with Gasteiger partial charge in [-0.2, -0.15) is 0 Å². The van der Waals surface area contributed by atoms with Crippen molar-refractivity contribution < 1.29 is 73.0 Å². The third kappa shape index (κ3) is 38.6. The van der Waals surface area contributed by atoms with E-state index < -0.39 is 11.6 Å². The number of nitrogens with zero attached hydrogens (tertiary/aromatic N) is 1. The second-order valence-electron chi connectivity index (χ2n) is 19.3. The average molecular weight is 1070 g/mol. The topological polar surface area (TPSA) is 333 Å². The maximum absolute atomic E-state index is 13.7. The molecule has 434 valence electrons.